The molecule has 9 heteroatoms. The normalized spacial score (nSPS) is 20.2. The number of carbonyl (C=O) groups excluding carboxylic acids is 1. The predicted molar refractivity (Wildman–Crippen MR) is 121 cm³/mol. The van der Waals surface area contributed by atoms with Crippen molar-refractivity contribution in [3.05, 3.63) is 45.5 Å². The third kappa shape index (κ3) is 4.49. The quantitative estimate of drug-likeness (QED) is 0.655. The molecule has 0 unspecified atom stereocenters. The fourth-order valence-corrected chi connectivity index (χ4v) is 5.09. The summed E-state index contributed by atoms with van der Waals surface area (Å²) in [6.45, 7) is 5.35. The van der Waals surface area contributed by atoms with Crippen molar-refractivity contribution in [1.29, 1.82) is 0 Å². The fraction of sp³-hybridized carbons (Fsp3) is 0.545. The summed E-state index contributed by atoms with van der Waals surface area (Å²) < 4.78 is 0. The largest absolute Gasteiger partial charge is 0.338 e. The maximum Gasteiger partial charge on any atom is 0.254 e. The topological polar surface area (TPSA) is 65.5 Å². The number of halogens is 2. The lowest BCUT2D eigenvalue weighted by Gasteiger charge is -2.43. The molecule has 0 atom stereocenters. The van der Waals surface area contributed by atoms with E-state index < -0.39 is 0 Å². The highest BCUT2D eigenvalue weighted by molar-refractivity contribution is 6.33. The summed E-state index contributed by atoms with van der Waals surface area (Å²) in [6.07, 6.45) is 7.48. The third-order valence-electron chi connectivity index (χ3n) is 6.70. The van der Waals surface area contributed by atoms with Gasteiger partial charge in [-0.25, -0.2) is 15.0 Å². The first-order valence-electron chi connectivity index (χ1n) is 11.0. The molecule has 0 N–H and O–H groups in total. The Kier molecular flexibility index (Phi) is 5.99. The summed E-state index contributed by atoms with van der Waals surface area (Å²) in [5.41, 5.74) is 2.64. The molecule has 0 bridgehead atoms. The van der Waals surface area contributed by atoms with Gasteiger partial charge in [0.1, 0.15) is 10.3 Å². The Hall–Kier alpha value is -1.96. The van der Waals surface area contributed by atoms with E-state index >= 15 is 0 Å². The van der Waals surface area contributed by atoms with Gasteiger partial charge in [-0.3, -0.25) is 9.69 Å². The molecule has 1 saturated heterocycles. The second-order valence-electron chi connectivity index (χ2n) is 8.54. The van der Waals surface area contributed by atoms with E-state index in [9.17, 15) is 4.79 Å². The van der Waals surface area contributed by atoms with Gasteiger partial charge in [0.05, 0.1) is 5.69 Å². The maximum absolute atomic E-state index is 13.0. The lowest BCUT2D eigenvalue weighted by atomic mass is 9.91. The van der Waals surface area contributed by atoms with Gasteiger partial charge in [0.15, 0.2) is 0 Å². The van der Waals surface area contributed by atoms with E-state index in [-0.39, 0.29) is 16.2 Å². The van der Waals surface area contributed by atoms with Crippen LogP contribution in [0.25, 0.3) is 0 Å². The number of anilines is 1. The molecule has 7 nitrogen and oxygen atoms in total. The first-order valence-corrected chi connectivity index (χ1v) is 11.8. The van der Waals surface area contributed by atoms with Crippen LogP contribution in [0.4, 0.5) is 5.95 Å². The van der Waals surface area contributed by atoms with Crippen LogP contribution in [0, 0.1) is 0 Å². The van der Waals surface area contributed by atoms with Crippen LogP contribution < -0.4 is 4.90 Å². The van der Waals surface area contributed by atoms with Crippen LogP contribution in [0.2, 0.25) is 10.3 Å². The zero-order valence-corrected chi connectivity index (χ0v) is 18.9. The van der Waals surface area contributed by atoms with Crippen molar-refractivity contribution in [2.75, 3.05) is 44.2 Å². The van der Waals surface area contributed by atoms with Crippen molar-refractivity contribution >= 4 is 35.1 Å². The highest BCUT2D eigenvalue weighted by Gasteiger charge is 2.29. The molecule has 5 rings (SSSR count). The zero-order chi connectivity index (χ0) is 21.4. The number of hydrogen-bond donors (Lipinski definition) is 0. The number of hydrogen-bond acceptors (Lipinski definition) is 6. The van der Waals surface area contributed by atoms with E-state index in [1.54, 1.807) is 12.1 Å². The number of piperazine rings is 1. The number of aromatic nitrogens is 3. The number of carbonyl (C=O) groups is 1. The van der Waals surface area contributed by atoms with E-state index in [1.807, 2.05) is 11.1 Å². The first-order chi connectivity index (χ1) is 15.1. The second-order valence-corrected chi connectivity index (χ2v) is 9.32. The predicted octanol–water partition coefficient (Wildman–Crippen LogP) is 3.09. The molecule has 2 aliphatic heterocycles. The van der Waals surface area contributed by atoms with Crippen molar-refractivity contribution in [2.45, 2.75) is 38.1 Å². The number of nitrogens with zero attached hydrogens (tertiary/aromatic N) is 6. The number of rotatable bonds is 3. The molecule has 2 aromatic heterocycles. The fourth-order valence-electron chi connectivity index (χ4n) is 4.63. The van der Waals surface area contributed by atoms with Gasteiger partial charge >= 0.3 is 0 Å². The van der Waals surface area contributed by atoms with Crippen LogP contribution in [0.1, 0.15) is 40.9 Å². The van der Waals surface area contributed by atoms with Gasteiger partial charge < -0.3 is 9.80 Å². The highest BCUT2D eigenvalue weighted by Crippen LogP contribution is 2.26. The Morgan fingerprint density at radius 1 is 0.935 bits per heavy atom. The van der Waals surface area contributed by atoms with Crippen LogP contribution in [0.5, 0.6) is 0 Å². The van der Waals surface area contributed by atoms with E-state index in [0.29, 0.717) is 25.1 Å². The van der Waals surface area contributed by atoms with Gasteiger partial charge in [-0.05, 0) is 37.0 Å². The number of amides is 1. The Bertz CT molecular complexity index is 954. The average Bonchev–Trinajstić information content (AvgIpc) is 2.94. The Morgan fingerprint density at radius 3 is 2.32 bits per heavy atom. The SMILES string of the molecule is O=C(c1cc(Cl)nc(Cl)c1)N1CCc2cnc(N3CCN(C4CCC4)CC3)nc2CC1. The molecule has 164 valence electrons. The Balaban J connectivity index is 1.24. The molecule has 0 aromatic carbocycles. The van der Waals surface area contributed by atoms with Gasteiger partial charge in [0.2, 0.25) is 5.95 Å². The van der Waals surface area contributed by atoms with E-state index in [1.165, 1.54) is 19.3 Å². The lowest BCUT2D eigenvalue weighted by Crippen LogP contribution is -2.52. The molecule has 0 radical (unpaired) electrons. The van der Waals surface area contributed by atoms with Crippen LogP contribution in [0.15, 0.2) is 18.3 Å². The smallest absolute Gasteiger partial charge is 0.254 e. The molecule has 3 aliphatic rings. The van der Waals surface area contributed by atoms with Gasteiger partial charge in [0, 0.05) is 63.5 Å². The number of pyridine rings is 1. The standard InChI is InChI=1S/C22H26Cl2N6O/c23-19-12-16(13-20(24)27-19)21(31)29-6-4-15-14-25-22(26-18(15)5-7-29)30-10-8-28(9-11-30)17-2-1-3-17/h12-14,17H,1-11H2. The highest BCUT2D eigenvalue weighted by atomic mass is 35.5. The summed E-state index contributed by atoms with van der Waals surface area (Å²) >= 11 is 12.0. The van der Waals surface area contributed by atoms with Crippen LogP contribution >= 0.6 is 23.2 Å². The minimum Gasteiger partial charge on any atom is -0.338 e. The minimum absolute atomic E-state index is 0.0840. The molecule has 0 spiro atoms. The van der Waals surface area contributed by atoms with Crippen LogP contribution in [0.3, 0.4) is 0 Å². The lowest BCUT2D eigenvalue weighted by molar-refractivity contribution is 0.0763. The summed E-state index contributed by atoms with van der Waals surface area (Å²) in [5, 5.41) is 0.448. The minimum atomic E-state index is -0.0840. The second kappa shape index (κ2) is 8.88. The summed E-state index contributed by atoms with van der Waals surface area (Å²) in [5.74, 6) is 0.735. The van der Waals surface area contributed by atoms with Gasteiger partial charge in [-0.2, -0.15) is 0 Å². The Labute approximate surface area is 192 Å². The average molecular weight is 461 g/mol. The van der Waals surface area contributed by atoms with Crippen molar-refractivity contribution in [2.24, 2.45) is 0 Å². The van der Waals surface area contributed by atoms with Crippen molar-refractivity contribution in [3.63, 3.8) is 0 Å². The molecule has 2 aromatic rings. The zero-order valence-electron chi connectivity index (χ0n) is 17.4. The van der Waals surface area contributed by atoms with E-state index in [2.05, 4.69) is 19.8 Å². The Morgan fingerprint density at radius 2 is 1.65 bits per heavy atom. The molecule has 2 fully saturated rings. The molecule has 31 heavy (non-hydrogen) atoms. The molecular formula is C22H26Cl2N6O. The maximum atomic E-state index is 13.0. The summed E-state index contributed by atoms with van der Waals surface area (Å²) in [7, 11) is 0. The van der Waals surface area contributed by atoms with Crippen LogP contribution in [-0.2, 0) is 12.8 Å². The monoisotopic (exact) mass is 460 g/mol. The van der Waals surface area contributed by atoms with Gasteiger partial charge in [0.25, 0.3) is 5.91 Å². The van der Waals surface area contributed by atoms with E-state index in [4.69, 9.17) is 28.2 Å². The molecule has 1 amide bonds. The van der Waals surface area contributed by atoms with Gasteiger partial charge in [-0.1, -0.05) is 29.6 Å². The molecule has 4 heterocycles. The molecule has 1 aliphatic carbocycles. The number of fused-ring (bicyclic) bond motifs is 1. The van der Waals surface area contributed by atoms with Crippen LogP contribution in [-0.4, -0.2) is 76.0 Å². The molecular weight excluding hydrogens is 435 g/mol. The summed E-state index contributed by atoms with van der Waals surface area (Å²) in [6, 6.07) is 3.92. The van der Waals surface area contributed by atoms with Gasteiger partial charge in [-0.15, -0.1) is 0 Å². The molecule has 1 saturated carbocycles. The summed E-state index contributed by atoms with van der Waals surface area (Å²) in [4.78, 5) is 33.2. The van der Waals surface area contributed by atoms with Crippen molar-refractivity contribution in [1.82, 2.24) is 24.8 Å². The van der Waals surface area contributed by atoms with Crippen molar-refractivity contribution in [3.8, 4) is 0 Å². The first kappa shape index (κ1) is 20.9. The third-order valence-corrected chi connectivity index (χ3v) is 7.08. The van der Waals surface area contributed by atoms with Crippen molar-refractivity contribution < 1.29 is 4.79 Å². The van der Waals surface area contributed by atoms with E-state index in [0.717, 1.165) is 55.8 Å².